The molecule has 4 aliphatic carbocycles. The summed E-state index contributed by atoms with van der Waals surface area (Å²) < 4.78 is 48.8. The molecule has 3 fully saturated rings. The molecule has 7 heteroatoms. The second kappa shape index (κ2) is 7.33. The van der Waals surface area contributed by atoms with Gasteiger partial charge in [0.05, 0.1) is 12.9 Å². The van der Waals surface area contributed by atoms with Crippen molar-refractivity contribution in [1.82, 2.24) is 0 Å². The molecule has 0 spiro atoms. The van der Waals surface area contributed by atoms with E-state index in [1.807, 2.05) is 0 Å². The minimum Gasteiger partial charge on any atom is -0.462 e. The Labute approximate surface area is 173 Å². The first-order valence-corrected chi connectivity index (χ1v) is 12.7. The van der Waals surface area contributed by atoms with E-state index in [-0.39, 0.29) is 29.5 Å². The highest BCUT2D eigenvalue weighted by Gasteiger charge is 2.61. The third-order valence-corrected chi connectivity index (χ3v) is 9.07. The first kappa shape index (κ1) is 21.3. The normalized spacial score (nSPS) is 44.3. The molecular weight excluding hydrogens is 395 g/mol. The third kappa shape index (κ3) is 3.67. The van der Waals surface area contributed by atoms with Gasteiger partial charge in [0.2, 0.25) is 0 Å². The van der Waals surface area contributed by atoms with Gasteiger partial charge in [0.15, 0.2) is 0 Å². The van der Waals surface area contributed by atoms with Crippen molar-refractivity contribution in [2.75, 3.05) is 12.9 Å². The van der Waals surface area contributed by atoms with Crippen molar-refractivity contribution in [1.29, 1.82) is 0 Å². The summed E-state index contributed by atoms with van der Waals surface area (Å²) in [7, 11) is -3.56. The Bertz CT molecular complexity index is 808. The summed E-state index contributed by atoms with van der Waals surface area (Å²) in [4.78, 5) is 11.6. The van der Waals surface area contributed by atoms with Crippen LogP contribution in [0, 0.1) is 28.6 Å². The van der Waals surface area contributed by atoms with Crippen molar-refractivity contribution in [3.8, 4) is 0 Å². The molecule has 0 saturated heterocycles. The first-order valence-electron chi connectivity index (χ1n) is 10.9. The second-order valence-electron chi connectivity index (χ2n) is 10.0. The van der Waals surface area contributed by atoms with Gasteiger partial charge < -0.3 is 4.74 Å². The van der Waals surface area contributed by atoms with Gasteiger partial charge in [0, 0.05) is 24.2 Å². The van der Waals surface area contributed by atoms with Crippen LogP contribution in [0.4, 0.5) is 4.39 Å². The molecule has 2 unspecified atom stereocenters. The smallest absolute Gasteiger partial charge is 0.302 e. The Balaban J connectivity index is 1.65. The molecule has 0 aromatic rings. The Morgan fingerprint density at radius 2 is 1.97 bits per heavy atom. The lowest BCUT2D eigenvalue weighted by Crippen LogP contribution is -2.54. The zero-order valence-corrected chi connectivity index (χ0v) is 18.5. The zero-order chi connectivity index (χ0) is 21.0. The molecule has 0 bridgehead atoms. The van der Waals surface area contributed by atoms with E-state index in [4.69, 9.17) is 8.92 Å². The molecule has 0 radical (unpaired) electrons. The molecular formula is C22H33FO5S. The standard InChI is InChI=1S/C22H33FO5S/c1-14(24)28-20-7-6-18-17-5-4-15-12-16(23)8-11-22(15,13-27-29(3,25)26)19(17)9-10-21(18,20)2/h4,16-20H,5-13H2,1-3H3/t16?,17-,18-,19-,20?,21-,22+/m0/s1. The maximum Gasteiger partial charge on any atom is 0.302 e. The van der Waals surface area contributed by atoms with Gasteiger partial charge >= 0.3 is 5.97 Å². The van der Waals surface area contributed by atoms with Crippen LogP contribution in [-0.2, 0) is 23.8 Å². The summed E-state index contributed by atoms with van der Waals surface area (Å²) in [5.74, 6) is 0.911. The molecule has 0 aromatic heterocycles. The molecule has 0 aliphatic heterocycles. The van der Waals surface area contributed by atoms with E-state index >= 15 is 0 Å². The van der Waals surface area contributed by atoms with Crippen molar-refractivity contribution >= 4 is 16.1 Å². The quantitative estimate of drug-likeness (QED) is 0.382. The number of hydrogen-bond acceptors (Lipinski definition) is 5. The van der Waals surface area contributed by atoms with Gasteiger partial charge in [-0.25, -0.2) is 4.39 Å². The number of esters is 1. The molecule has 164 valence electrons. The predicted molar refractivity (Wildman–Crippen MR) is 107 cm³/mol. The summed E-state index contributed by atoms with van der Waals surface area (Å²) in [6.07, 6.45) is 8.59. The van der Waals surface area contributed by atoms with Crippen LogP contribution in [0.5, 0.6) is 0 Å². The average molecular weight is 429 g/mol. The molecule has 0 amide bonds. The number of alkyl halides is 1. The van der Waals surface area contributed by atoms with E-state index in [1.165, 1.54) is 6.92 Å². The lowest BCUT2D eigenvalue weighted by molar-refractivity contribution is -0.157. The van der Waals surface area contributed by atoms with Gasteiger partial charge in [0.25, 0.3) is 10.1 Å². The van der Waals surface area contributed by atoms with Gasteiger partial charge in [-0.05, 0) is 62.7 Å². The van der Waals surface area contributed by atoms with Gasteiger partial charge in [-0.15, -0.1) is 0 Å². The van der Waals surface area contributed by atoms with Gasteiger partial charge in [-0.2, -0.15) is 8.42 Å². The number of carbonyl (C=O) groups excluding carboxylic acids is 1. The van der Waals surface area contributed by atoms with Crippen molar-refractivity contribution in [3.63, 3.8) is 0 Å². The van der Waals surface area contributed by atoms with Crippen LogP contribution in [0.25, 0.3) is 0 Å². The Kier molecular flexibility index (Phi) is 5.38. The van der Waals surface area contributed by atoms with Crippen molar-refractivity contribution in [2.45, 2.75) is 77.5 Å². The van der Waals surface area contributed by atoms with Crippen molar-refractivity contribution < 1.29 is 26.5 Å². The number of hydrogen-bond donors (Lipinski definition) is 0. The molecule has 0 heterocycles. The third-order valence-electron chi connectivity index (χ3n) is 8.52. The Hall–Kier alpha value is -0.950. The lowest BCUT2D eigenvalue weighted by Gasteiger charge is -2.58. The monoisotopic (exact) mass is 428 g/mol. The fourth-order valence-electron chi connectivity index (χ4n) is 7.24. The number of halogens is 1. The fraction of sp³-hybridized carbons (Fsp3) is 0.864. The van der Waals surface area contributed by atoms with Crippen LogP contribution < -0.4 is 0 Å². The molecule has 29 heavy (non-hydrogen) atoms. The molecule has 0 aromatic carbocycles. The van der Waals surface area contributed by atoms with Crippen LogP contribution in [0.2, 0.25) is 0 Å². The van der Waals surface area contributed by atoms with E-state index in [0.717, 1.165) is 43.9 Å². The lowest BCUT2D eigenvalue weighted by atomic mass is 9.47. The molecule has 4 rings (SSSR count). The summed E-state index contributed by atoms with van der Waals surface area (Å²) in [6, 6.07) is 0. The Morgan fingerprint density at radius 1 is 1.21 bits per heavy atom. The number of ether oxygens (including phenoxy) is 1. The average Bonchev–Trinajstić information content (AvgIpc) is 2.95. The number of fused-ring (bicyclic) bond motifs is 5. The molecule has 7 atom stereocenters. The van der Waals surface area contributed by atoms with E-state index in [9.17, 15) is 17.6 Å². The minimum atomic E-state index is -3.56. The first-order chi connectivity index (χ1) is 13.6. The van der Waals surface area contributed by atoms with Crippen molar-refractivity contribution in [3.05, 3.63) is 11.6 Å². The van der Waals surface area contributed by atoms with E-state index in [1.54, 1.807) is 0 Å². The number of allylic oxidation sites excluding steroid dienone is 1. The van der Waals surface area contributed by atoms with Crippen LogP contribution in [0.3, 0.4) is 0 Å². The number of carbonyl (C=O) groups is 1. The largest absolute Gasteiger partial charge is 0.462 e. The maximum absolute atomic E-state index is 14.2. The van der Waals surface area contributed by atoms with Crippen LogP contribution in [-0.4, -0.2) is 39.5 Å². The predicted octanol–water partition coefficient (Wildman–Crippen LogP) is 4.18. The van der Waals surface area contributed by atoms with Crippen LogP contribution in [0.1, 0.15) is 65.2 Å². The van der Waals surface area contributed by atoms with E-state index in [0.29, 0.717) is 37.0 Å². The highest BCUT2D eigenvalue weighted by Crippen LogP contribution is 2.65. The van der Waals surface area contributed by atoms with Crippen molar-refractivity contribution in [2.24, 2.45) is 28.6 Å². The SMILES string of the molecule is CC(=O)OC1CC[C@H]2[C@@H]3CC=C4CC(F)CC[C@]4(COS(C)(=O)=O)[C@H]3CC[C@]12C. The van der Waals surface area contributed by atoms with E-state index < -0.39 is 16.3 Å². The number of rotatable bonds is 4. The highest BCUT2D eigenvalue weighted by atomic mass is 32.2. The minimum absolute atomic E-state index is 0.0334. The molecule has 3 saturated carbocycles. The topological polar surface area (TPSA) is 69.7 Å². The molecule has 5 nitrogen and oxygen atoms in total. The summed E-state index contributed by atoms with van der Waals surface area (Å²) in [5, 5.41) is 0. The highest BCUT2D eigenvalue weighted by molar-refractivity contribution is 7.85. The second-order valence-corrected chi connectivity index (χ2v) is 11.7. The molecule has 0 N–H and O–H groups in total. The molecule has 4 aliphatic rings. The maximum atomic E-state index is 14.2. The fourth-order valence-corrected chi connectivity index (χ4v) is 7.66. The Morgan fingerprint density at radius 3 is 2.66 bits per heavy atom. The summed E-state index contributed by atoms with van der Waals surface area (Å²) >= 11 is 0. The van der Waals surface area contributed by atoms with E-state index in [2.05, 4.69) is 13.0 Å². The zero-order valence-electron chi connectivity index (χ0n) is 17.7. The van der Waals surface area contributed by atoms with Gasteiger partial charge in [-0.1, -0.05) is 18.6 Å². The van der Waals surface area contributed by atoms with Crippen LogP contribution in [0.15, 0.2) is 11.6 Å². The van der Waals surface area contributed by atoms with Gasteiger partial charge in [-0.3, -0.25) is 8.98 Å². The van der Waals surface area contributed by atoms with Gasteiger partial charge in [0.1, 0.15) is 12.3 Å². The van der Waals surface area contributed by atoms with Crippen LogP contribution >= 0.6 is 0 Å². The summed E-state index contributed by atoms with van der Waals surface area (Å²) in [5.41, 5.74) is 0.656. The summed E-state index contributed by atoms with van der Waals surface area (Å²) in [6.45, 7) is 3.86.